The SMILES string of the molecule is Cc1ccc(N(C(=O)c2cc(-c3cc4c(cc3C(=O)N3Cc5ccccc5C[C@H]3CN3CCOCC3)OCO4)n3c2CCCC3)c2ccc(O)cc2)cc1. The number of hydrogen-bond acceptors (Lipinski definition) is 7. The first kappa shape index (κ1) is 34.2. The number of ether oxygens (including phenoxy) is 3. The Morgan fingerprint density at radius 1 is 0.815 bits per heavy atom. The molecule has 4 aliphatic rings. The summed E-state index contributed by atoms with van der Waals surface area (Å²) in [6, 6.07) is 28.7. The van der Waals surface area contributed by atoms with Crippen LogP contribution in [0.4, 0.5) is 11.4 Å². The summed E-state index contributed by atoms with van der Waals surface area (Å²) in [7, 11) is 0. The number of carbonyl (C=O) groups is 2. The molecule has 10 heteroatoms. The number of rotatable bonds is 7. The van der Waals surface area contributed by atoms with E-state index in [1.165, 1.54) is 5.56 Å². The number of amides is 2. The highest BCUT2D eigenvalue weighted by molar-refractivity contribution is 6.13. The van der Waals surface area contributed by atoms with Gasteiger partial charge in [0.2, 0.25) is 6.79 Å². The summed E-state index contributed by atoms with van der Waals surface area (Å²) >= 11 is 0. The molecule has 5 heterocycles. The van der Waals surface area contributed by atoms with Crippen LogP contribution in [0.15, 0.2) is 91.0 Å². The van der Waals surface area contributed by atoms with E-state index < -0.39 is 0 Å². The molecule has 1 atom stereocenters. The molecule has 1 N–H and O–H groups in total. The van der Waals surface area contributed by atoms with Gasteiger partial charge in [0.15, 0.2) is 11.5 Å². The molecule has 0 aliphatic carbocycles. The number of phenols is 1. The second kappa shape index (κ2) is 14.3. The van der Waals surface area contributed by atoms with Crippen molar-refractivity contribution < 1.29 is 28.9 Å². The Hall–Kier alpha value is -5.58. The van der Waals surface area contributed by atoms with Crippen LogP contribution >= 0.6 is 0 Å². The fraction of sp³-hybridized carbons (Fsp3) is 0.318. The molecule has 0 spiro atoms. The summed E-state index contributed by atoms with van der Waals surface area (Å²) in [5.41, 5.74) is 8.50. The number of aromatic hydroxyl groups is 1. The number of morpholine rings is 1. The summed E-state index contributed by atoms with van der Waals surface area (Å²) < 4.78 is 19.7. The third-order valence-electron chi connectivity index (χ3n) is 11.3. The maximum absolute atomic E-state index is 15.2. The molecule has 0 radical (unpaired) electrons. The highest BCUT2D eigenvalue weighted by Crippen LogP contribution is 2.43. The predicted molar refractivity (Wildman–Crippen MR) is 206 cm³/mol. The Morgan fingerprint density at radius 3 is 2.28 bits per heavy atom. The molecule has 1 fully saturated rings. The first-order chi connectivity index (χ1) is 26.4. The van der Waals surface area contributed by atoms with Crippen LogP contribution in [0.25, 0.3) is 11.3 Å². The van der Waals surface area contributed by atoms with E-state index in [0.717, 1.165) is 85.6 Å². The van der Waals surface area contributed by atoms with E-state index in [2.05, 4.69) is 27.7 Å². The molecule has 4 aliphatic heterocycles. The molecule has 0 unspecified atom stereocenters. The van der Waals surface area contributed by atoms with Gasteiger partial charge < -0.3 is 28.8 Å². The van der Waals surface area contributed by atoms with Crippen molar-refractivity contribution in [1.82, 2.24) is 14.4 Å². The van der Waals surface area contributed by atoms with Crippen LogP contribution in [-0.2, 0) is 30.7 Å². The van der Waals surface area contributed by atoms with Gasteiger partial charge in [-0.05, 0) is 98.3 Å². The molecule has 5 aromatic rings. The number of hydrogen-bond donors (Lipinski definition) is 1. The maximum Gasteiger partial charge on any atom is 0.264 e. The van der Waals surface area contributed by atoms with Crippen LogP contribution in [0.5, 0.6) is 17.2 Å². The van der Waals surface area contributed by atoms with Gasteiger partial charge in [-0.2, -0.15) is 0 Å². The molecule has 0 bridgehead atoms. The standard InChI is InChI=1S/C44H44N4O6/c1-29-9-11-32(12-10-29)48(33-13-15-35(49)16-14-33)44(51)38-23-40(46-17-5-4-8-39(38)46)36-24-41-42(54-28-53-41)25-37(36)43(50)47-26-31-7-3-2-6-30(31)22-34(47)27-45-18-20-52-21-19-45/h2-3,6-7,9-16,23-25,34,49H,4-5,8,17-22,26-28H2,1H3/t34-/m0/s1. The van der Waals surface area contributed by atoms with Gasteiger partial charge in [-0.15, -0.1) is 0 Å². The number of benzene rings is 4. The lowest BCUT2D eigenvalue weighted by atomic mass is 9.92. The number of aryl methyl sites for hydroxylation is 1. The first-order valence-electron chi connectivity index (χ1n) is 19.0. The van der Waals surface area contributed by atoms with Crippen LogP contribution in [0, 0.1) is 6.92 Å². The molecule has 4 aromatic carbocycles. The molecule has 1 aromatic heterocycles. The Labute approximate surface area is 315 Å². The topological polar surface area (TPSA) is 96.7 Å². The van der Waals surface area contributed by atoms with Gasteiger partial charge in [0.05, 0.1) is 24.3 Å². The minimum absolute atomic E-state index is 0.0319. The van der Waals surface area contributed by atoms with Gasteiger partial charge in [-0.1, -0.05) is 42.0 Å². The summed E-state index contributed by atoms with van der Waals surface area (Å²) in [5, 5.41) is 10.1. The van der Waals surface area contributed by atoms with Crippen molar-refractivity contribution in [2.75, 3.05) is 44.5 Å². The lowest BCUT2D eigenvalue weighted by Gasteiger charge is -2.40. The summed E-state index contributed by atoms with van der Waals surface area (Å²) in [5.74, 6) is 1.01. The second-order valence-electron chi connectivity index (χ2n) is 14.7. The maximum atomic E-state index is 15.2. The Bertz CT molecular complexity index is 2160. The number of phenolic OH excluding ortho intramolecular Hbond substituents is 1. The molecule has 2 amide bonds. The lowest BCUT2D eigenvalue weighted by Crippen LogP contribution is -2.52. The molecular weight excluding hydrogens is 681 g/mol. The number of nitrogens with zero attached hydrogens (tertiary/aromatic N) is 4. The smallest absolute Gasteiger partial charge is 0.264 e. The molecule has 276 valence electrons. The van der Waals surface area contributed by atoms with Crippen molar-refractivity contribution >= 4 is 23.2 Å². The third kappa shape index (κ3) is 6.39. The van der Waals surface area contributed by atoms with E-state index in [9.17, 15) is 9.90 Å². The van der Waals surface area contributed by atoms with Crippen LogP contribution in [-0.4, -0.2) is 77.0 Å². The highest BCUT2D eigenvalue weighted by atomic mass is 16.7. The average molecular weight is 725 g/mol. The minimum atomic E-state index is -0.173. The zero-order valence-electron chi connectivity index (χ0n) is 30.5. The van der Waals surface area contributed by atoms with Crippen molar-refractivity contribution in [1.29, 1.82) is 0 Å². The van der Waals surface area contributed by atoms with Crippen LogP contribution < -0.4 is 14.4 Å². The zero-order valence-corrected chi connectivity index (χ0v) is 30.5. The summed E-state index contributed by atoms with van der Waals surface area (Å²) in [4.78, 5) is 36.3. The van der Waals surface area contributed by atoms with E-state index in [-0.39, 0.29) is 30.4 Å². The van der Waals surface area contributed by atoms with Gasteiger partial charge in [-0.3, -0.25) is 19.4 Å². The monoisotopic (exact) mass is 724 g/mol. The summed E-state index contributed by atoms with van der Waals surface area (Å²) in [6.45, 7) is 7.15. The van der Waals surface area contributed by atoms with Gasteiger partial charge in [-0.25, -0.2) is 0 Å². The van der Waals surface area contributed by atoms with Gasteiger partial charge in [0.1, 0.15) is 5.75 Å². The van der Waals surface area contributed by atoms with Crippen molar-refractivity contribution in [3.05, 3.63) is 125 Å². The molecule has 54 heavy (non-hydrogen) atoms. The third-order valence-corrected chi connectivity index (χ3v) is 11.3. The zero-order chi connectivity index (χ0) is 36.8. The Morgan fingerprint density at radius 2 is 1.52 bits per heavy atom. The lowest BCUT2D eigenvalue weighted by molar-refractivity contribution is 0.0193. The van der Waals surface area contributed by atoms with Crippen LogP contribution in [0.3, 0.4) is 0 Å². The summed E-state index contributed by atoms with van der Waals surface area (Å²) in [6.07, 6.45) is 3.41. The molecular formula is C44H44N4O6. The quantitative estimate of drug-likeness (QED) is 0.191. The van der Waals surface area contributed by atoms with Crippen molar-refractivity contribution in [2.24, 2.45) is 0 Å². The predicted octanol–water partition coefficient (Wildman–Crippen LogP) is 7.11. The number of aromatic nitrogens is 1. The average Bonchev–Trinajstić information content (AvgIpc) is 3.83. The number of fused-ring (bicyclic) bond motifs is 3. The number of carbonyl (C=O) groups excluding carboxylic acids is 2. The number of anilines is 2. The molecule has 1 saturated heterocycles. The Balaban J connectivity index is 1.15. The van der Waals surface area contributed by atoms with Crippen molar-refractivity contribution in [3.63, 3.8) is 0 Å². The fourth-order valence-corrected chi connectivity index (χ4v) is 8.44. The second-order valence-corrected chi connectivity index (χ2v) is 14.7. The normalized spacial score (nSPS) is 17.9. The van der Waals surface area contributed by atoms with Crippen LogP contribution in [0.1, 0.15) is 55.9 Å². The van der Waals surface area contributed by atoms with Gasteiger partial charge >= 0.3 is 0 Å². The fourth-order valence-electron chi connectivity index (χ4n) is 8.44. The van der Waals surface area contributed by atoms with Crippen molar-refractivity contribution in [2.45, 2.75) is 51.7 Å². The molecule has 10 nitrogen and oxygen atoms in total. The Kier molecular flexibility index (Phi) is 9.08. The first-order valence-corrected chi connectivity index (χ1v) is 19.0. The molecule has 0 saturated carbocycles. The van der Waals surface area contributed by atoms with E-state index in [1.54, 1.807) is 29.2 Å². The molecule has 9 rings (SSSR count). The van der Waals surface area contributed by atoms with E-state index in [4.69, 9.17) is 14.2 Å². The van der Waals surface area contributed by atoms with Gasteiger partial charge in [0.25, 0.3) is 11.8 Å². The van der Waals surface area contributed by atoms with Crippen LogP contribution in [0.2, 0.25) is 0 Å². The van der Waals surface area contributed by atoms with E-state index in [1.807, 2.05) is 60.4 Å². The highest BCUT2D eigenvalue weighted by Gasteiger charge is 2.36. The largest absolute Gasteiger partial charge is 0.508 e. The van der Waals surface area contributed by atoms with E-state index >= 15 is 4.79 Å². The minimum Gasteiger partial charge on any atom is -0.508 e. The van der Waals surface area contributed by atoms with E-state index in [0.29, 0.717) is 48.1 Å². The van der Waals surface area contributed by atoms with Crippen molar-refractivity contribution in [3.8, 4) is 28.5 Å². The van der Waals surface area contributed by atoms with Gasteiger partial charge in [0, 0.05) is 67.1 Å².